The summed E-state index contributed by atoms with van der Waals surface area (Å²) in [5.74, 6) is 0.990. The van der Waals surface area contributed by atoms with E-state index in [-0.39, 0.29) is 0 Å². The molecule has 1 heterocycles. The summed E-state index contributed by atoms with van der Waals surface area (Å²) < 4.78 is 10.4. The smallest absolute Gasteiger partial charge is 0.179 e. The van der Waals surface area contributed by atoms with Crippen molar-refractivity contribution in [3.05, 3.63) is 38.8 Å². The quantitative estimate of drug-likeness (QED) is 0.793. The zero-order valence-electron chi connectivity index (χ0n) is 11.8. The molecule has 0 aliphatic carbocycles. The molecule has 4 nitrogen and oxygen atoms in total. The predicted octanol–water partition coefficient (Wildman–Crippen LogP) is 4.19. The highest BCUT2D eigenvalue weighted by atomic mass is 35.5. The molecule has 2 aromatic rings. The molecule has 0 bridgehead atoms. The first-order chi connectivity index (χ1) is 10.1. The third-order valence-corrected chi connectivity index (χ3v) is 4.01. The second-order valence-corrected chi connectivity index (χ2v) is 5.47. The Morgan fingerprint density at radius 1 is 1.38 bits per heavy atom. The van der Waals surface area contributed by atoms with Gasteiger partial charge < -0.3 is 9.47 Å². The Kier molecular flexibility index (Phi) is 4.84. The number of thiazole rings is 1. The molecule has 0 radical (unpaired) electrons. The van der Waals surface area contributed by atoms with E-state index < -0.39 is 0 Å². The highest BCUT2D eigenvalue weighted by Crippen LogP contribution is 2.37. The Morgan fingerprint density at radius 2 is 2.14 bits per heavy atom. The lowest BCUT2D eigenvalue weighted by Gasteiger charge is -2.10. The first-order valence-electron chi connectivity index (χ1n) is 6.05. The maximum absolute atomic E-state index is 9.31. The lowest BCUT2D eigenvalue weighted by atomic mass is 10.1. The van der Waals surface area contributed by atoms with Crippen molar-refractivity contribution in [2.45, 2.75) is 6.92 Å². The summed E-state index contributed by atoms with van der Waals surface area (Å²) in [5.41, 5.74) is 2.12. The van der Waals surface area contributed by atoms with Crippen molar-refractivity contribution in [1.29, 1.82) is 5.26 Å². The highest BCUT2D eigenvalue weighted by molar-refractivity contribution is 7.11. The van der Waals surface area contributed by atoms with E-state index in [0.29, 0.717) is 27.1 Å². The van der Waals surface area contributed by atoms with Gasteiger partial charge in [0.2, 0.25) is 0 Å². The number of aryl methyl sites for hydroxylation is 1. The minimum absolute atomic E-state index is 0.427. The molecule has 108 valence electrons. The largest absolute Gasteiger partial charge is 0.493 e. The molecule has 0 N–H and O–H groups in total. The Hall–Kier alpha value is -2.03. The van der Waals surface area contributed by atoms with Gasteiger partial charge in [0, 0.05) is 11.1 Å². The molecule has 0 fully saturated rings. The monoisotopic (exact) mass is 320 g/mol. The molecule has 0 saturated heterocycles. The molecule has 0 saturated carbocycles. The maximum Gasteiger partial charge on any atom is 0.179 e. The molecule has 0 unspecified atom stereocenters. The van der Waals surface area contributed by atoms with Crippen LogP contribution in [-0.2, 0) is 0 Å². The van der Waals surface area contributed by atoms with E-state index in [1.165, 1.54) is 25.6 Å². The van der Waals surface area contributed by atoms with Gasteiger partial charge in [-0.2, -0.15) is 5.26 Å². The van der Waals surface area contributed by atoms with Crippen LogP contribution in [0, 0.1) is 18.3 Å². The van der Waals surface area contributed by atoms with Crippen molar-refractivity contribution in [1.82, 2.24) is 4.98 Å². The van der Waals surface area contributed by atoms with Crippen LogP contribution in [0.15, 0.2) is 17.5 Å². The second kappa shape index (κ2) is 6.61. The van der Waals surface area contributed by atoms with Crippen LogP contribution in [0.25, 0.3) is 11.6 Å². The summed E-state index contributed by atoms with van der Waals surface area (Å²) in [7, 11) is 3.06. The highest BCUT2D eigenvalue weighted by Gasteiger charge is 2.12. The molecule has 0 aliphatic heterocycles. The van der Waals surface area contributed by atoms with Gasteiger partial charge >= 0.3 is 0 Å². The van der Waals surface area contributed by atoms with Gasteiger partial charge in [-0.1, -0.05) is 11.6 Å². The van der Waals surface area contributed by atoms with Gasteiger partial charge in [-0.15, -0.1) is 11.3 Å². The number of nitrogens with zero attached hydrogens (tertiary/aromatic N) is 2. The van der Waals surface area contributed by atoms with E-state index in [0.717, 1.165) is 11.3 Å². The van der Waals surface area contributed by atoms with Crippen LogP contribution in [0.5, 0.6) is 11.5 Å². The van der Waals surface area contributed by atoms with Gasteiger partial charge in [-0.25, -0.2) is 4.98 Å². The van der Waals surface area contributed by atoms with Crippen molar-refractivity contribution >= 4 is 34.6 Å². The molecular formula is C15H13ClN2O2S. The molecule has 0 atom stereocenters. The summed E-state index contributed by atoms with van der Waals surface area (Å²) in [6.45, 7) is 1.89. The summed E-state index contributed by atoms with van der Waals surface area (Å²) in [4.78, 5) is 4.32. The number of benzene rings is 1. The fourth-order valence-corrected chi connectivity index (χ4v) is 2.87. The molecule has 2 rings (SSSR count). The van der Waals surface area contributed by atoms with E-state index in [9.17, 15) is 5.26 Å². The summed E-state index contributed by atoms with van der Waals surface area (Å²) in [6.07, 6.45) is 1.73. The minimum atomic E-state index is 0.427. The van der Waals surface area contributed by atoms with Gasteiger partial charge in [-0.05, 0) is 30.7 Å². The maximum atomic E-state index is 9.31. The SMILES string of the molecule is COc1cc(C=C(C#N)c2nc(C)cs2)cc(Cl)c1OC. The number of allylic oxidation sites excluding steroid dienone is 1. The van der Waals surface area contributed by atoms with Gasteiger partial charge in [0.1, 0.15) is 11.1 Å². The summed E-state index contributed by atoms with van der Waals surface area (Å²) in [6, 6.07) is 5.65. The molecule has 1 aromatic heterocycles. The van der Waals surface area contributed by atoms with Crippen LogP contribution in [0.4, 0.5) is 0 Å². The Balaban J connectivity index is 2.49. The number of rotatable bonds is 4. The normalized spacial score (nSPS) is 11.1. The van der Waals surface area contributed by atoms with Crippen LogP contribution in [0.3, 0.4) is 0 Å². The predicted molar refractivity (Wildman–Crippen MR) is 84.9 cm³/mol. The van der Waals surface area contributed by atoms with E-state index in [1.807, 2.05) is 12.3 Å². The fourth-order valence-electron chi connectivity index (χ4n) is 1.81. The van der Waals surface area contributed by atoms with Crippen molar-refractivity contribution < 1.29 is 9.47 Å². The Bertz CT molecular complexity index is 732. The first kappa shape index (κ1) is 15.4. The van der Waals surface area contributed by atoms with Crippen LogP contribution in [-0.4, -0.2) is 19.2 Å². The van der Waals surface area contributed by atoms with E-state index in [2.05, 4.69) is 11.1 Å². The van der Waals surface area contributed by atoms with Crippen molar-refractivity contribution in [2.75, 3.05) is 14.2 Å². The second-order valence-electron chi connectivity index (χ2n) is 4.20. The lowest BCUT2D eigenvalue weighted by Crippen LogP contribution is -1.92. The average molecular weight is 321 g/mol. The van der Waals surface area contributed by atoms with E-state index >= 15 is 0 Å². The average Bonchev–Trinajstić information content (AvgIpc) is 2.90. The zero-order valence-corrected chi connectivity index (χ0v) is 13.4. The fraction of sp³-hybridized carbons (Fsp3) is 0.200. The molecular weight excluding hydrogens is 308 g/mol. The number of nitriles is 1. The van der Waals surface area contributed by atoms with Gasteiger partial charge in [0.25, 0.3) is 0 Å². The number of ether oxygens (including phenoxy) is 2. The Labute approximate surface area is 132 Å². The van der Waals surface area contributed by atoms with Gasteiger partial charge in [-0.3, -0.25) is 0 Å². The molecule has 6 heteroatoms. The molecule has 0 aliphatic rings. The van der Waals surface area contributed by atoms with E-state index in [4.69, 9.17) is 21.1 Å². The van der Waals surface area contributed by atoms with Crippen molar-refractivity contribution in [3.63, 3.8) is 0 Å². The number of hydrogen-bond donors (Lipinski definition) is 0. The molecule has 0 amide bonds. The molecule has 21 heavy (non-hydrogen) atoms. The summed E-state index contributed by atoms with van der Waals surface area (Å²) >= 11 is 7.59. The first-order valence-corrected chi connectivity index (χ1v) is 7.30. The van der Waals surface area contributed by atoms with Gasteiger partial charge in [0.15, 0.2) is 11.5 Å². The van der Waals surface area contributed by atoms with Crippen molar-refractivity contribution in [3.8, 4) is 17.6 Å². The van der Waals surface area contributed by atoms with Crippen LogP contribution in [0.1, 0.15) is 16.3 Å². The standard InChI is InChI=1S/C15H13ClN2O2S/c1-9-8-21-15(18-9)11(7-17)4-10-5-12(16)14(20-3)13(6-10)19-2/h4-6,8H,1-3H3. The van der Waals surface area contributed by atoms with E-state index in [1.54, 1.807) is 18.2 Å². The number of hydrogen-bond acceptors (Lipinski definition) is 5. The minimum Gasteiger partial charge on any atom is -0.493 e. The molecule has 0 spiro atoms. The molecule has 1 aromatic carbocycles. The third-order valence-electron chi connectivity index (χ3n) is 2.74. The summed E-state index contributed by atoms with van der Waals surface area (Å²) in [5, 5.41) is 12.3. The topological polar surface area (TPSA) is 55.1 Å². The van der Waals surface area contributed by atoms with Gasteiger partial charge in [0.05, 0.1) is 24.8 Å². The lowest BCUT2D eigenvalue weighted by molar-refractivity contribution is 0.355. The number of aromatic nitrogens is 1. The van der Waals surface area contributed by atoms with Crippen LogP contribution in [0.2, 0.25) is 5.02 Å². The zero-order chi connectivity index (χ0) is 15.4. The number of halogens is 1. The Morgan fingerprint density at radius 3 is 2.67 bits per heavy atom. The van der Waals surface area contributed by atoms with Crippen LogP contribution < -0.4 is 9.47 Å². The van der Waals surface area contributed by atoms with Crippen LogP contribution >= 0.6 is 22.9 Å². The number of methoxy groups -OCH3 is 2. The van der Waals surface area contributed by atoms with Crippen molar-refractivity contribution in [2.24, 2.45) is 0 Å². The third kappa shape index (κ3) is 3.35.